The van der Waals surface area contributed by atoms with E-state index < -0.39 is 0 Å². The molecule has 0 bridgehead atoms. The van der Waals surface area contributed by atoms with E-state index >= 15 is 0 Å². The first-order chi connectivity index (χ1) is 14.6. The highest BCUT2D eigenvalue weighted by Crippen LogP contribution is 2.42. The van der Waals surface area contributed by atoms with Crippen LogP contribution in [-0.2, 0) is 6.61 Å². The molecule has 4 heteroatoms. The number of fused-ring (bicyclic) bond motifs is 3. The van der Waals surface area contributed by atoms with Crippen LogP contribution in [0.5, 0.6) is 11.5 Å². The summed E-state index contributed by atoms with van der Waals surface area (Å²) < 4.78 is 11.4. The van der Waals surface area contributed by atoms with E-state index in [2.05, 4.69) is 37.3 Å². The fourth-order valence-corrected chi connectivity index (χ4v) is 3.97. The quantitative estimate of drug-likeness (QED) is 0.364. The van der Waals surface area contributed by atoms with Gasteiger partial charge < -0.3 is 9.47 Å². The Morgan fingerprint density at radius 2 is 1.60 bits per heavy atom. The minimum atomic E-state index is 0.487. The van der Waals surface area contributed by atoms with Gasteiger partial charge in [-0.25, -0.2) is 4.98 Å². The number of benzene rings is 3. The van der Waals surface area contributed by atoms with Crippen molar-refractivity contribution in [3.63, 3.8) is 0 Å². The molecule has 1 aliphatic heterocycles. The molecule has 0 saturated carbocycles. The van der Waals surface area contributed by atoms with Gasteiger partial charge >= 0.3 is 0 Å². The molecular formula is C26H20ClNO2. The molecule has 0 amide bonds. The maximum atomic E-state index is 6.11. The second-order valence-corrected chi connectivity index (χ2v) is 7.84. The van der Waals surface area contributed by atoms with E-state index in [1.165, 1.54) is 5.56 Å². The predicted molar refractivity (Wildman–Crippen MR) is 121 cm³/mol. The van der Waals surface area contributed by atoms with Gasteiger partial charge in [-0.05, 0) is 60.5 Å². The molecule has 4 aromatic rings. The van der Waals surface area contributed by atoms with Crippen LogP contribution in [-0.4, -0.2) is 12.1 Å². The van der Waals surface area contributed by atoms with Gasteiger partial charge in [-0.3, -0.25) is 0 Å². The lowest BCUT2D eigenvalue weighted by Gasteiger charge is -2.24. The molecule has 1 aliphatic rings. The summed E-state index contributed by atoms with van der Waals surface area (Å²) in [5.74, 6) is 1.70. The first kappa shape index (κ1) is 18.7. The van der Waals surface area contributed by atoms with E-state index in [0.717, 1.165) is 50.7 Å². The van der Waals surface area contributed by atoms with E-state index in [-0.39, 0.29) is 0 Å². The highest BCUT2D eigenvalue weighted by molar-refractivity contribution is 6.30. The standard InChI is InChI=1S/C26H20ClNO2/c1-16-3-12-25-22(13-16)26-23(15-30-25)21(17-6-10-20(29-2)11-7-17)14-24(28-26)18-4-8-19(27)9-5-18/h3-14H,15H2,1-2H3. The number of hydrogen-bond donors (Lipinski definition) is 0. The monoisotopic (exact) mass is 413 g/mol. The number of methoxy groups -OCH3 is 1. The summed E-state index contributed by atoms with van der Waals surface area (Å²) in [5.41, 5.74) is 8.42. The van der Waals surface area contributed by atoms with Gasteiger partial charge in [-0.1, -0.05) is 47.5 Å². The average Bonchev–Trinajstić information content (AvgIpc) is 2.79. The van der Waals surface area contributed by atoms with Crippen molar-refractivity contribution in [3.8, 4) is 45.1 Å². The van der Waals surface area contributed by atoms with Gasteiger partial charge in [-0.2, -0.15) is 0 Å². The molecule has 0 radical (unpaired) electrons. The van der Waals surface area contributed by atoms with Crippen LogP contribution in [0.1, 0.15) is 11.1 Å². The lowest BCUT2D eigenvalue weighted by molar-refractivity contribution is 0.302. The number of halogens is 1. The minimum Gasteiger partial charge on any atom is -0.497 e. The lowest BCUT2D eigenvalue weighted by atomic mass is 9.92. The first-order valence-electron chi connectivity index (χ1n) is 9.80. The van der Waals surface area contributed by atoms with Gasteiger partial charge in [0.15, 0.2) is 0 Å². The summed E-state index contributed by atoms with van der Waals surface area (Å²) in [6.45, 7) is 2.57. The molecule has 30 heavy (non-hydrogen) atoms. The van der Waals surface area contributed by atoms with E-state index in [4.69, 9.17) is 26.1 Å². The van der Waals surface area contributed by atoms with Crippen molar-refractivity contribution < 1.29 is 9.47 Å². The Morgan fingerprint density at radius 1 is 0.867 bits per heavy atom. The van der Waals surface area contributed by atoms with Crippen LogP contribution in [0.4, 0.5) is 0 Å². The number of rotatable bonds is 3. The van der Waals surface area contributed by atoms with Crippen LogP contribution in [0.3, 0.4) is 0 Å². The van der Waals surface area contributed by atoms with Crippen molar-refractivity contribution >= 4 is 11.6 Å². The van der Waals surface area contributed by atoms with Gasteiger partial charge in [0.05, 0.1) is 18.5 Å². The molecule has 0 atom stereocenters. The Balaban J connectivity index is 1.76. The predicted octanol–water partition coefficient (Wildman–Crippen LogP) is 6.95. The Morgan fingerprint density at radius 3 is 2.33 bits per heavy atom. The largest absolute Gasteiger partial charge is 0.497 e. The van der Waals surface area contributed by atoms with Crippen molar-refractivity contribution in [3.05, 3.63) is 88.9 Å². The van der Waals surface area contributed by atoms with Gasteiger partial charge in [0.1, 0.15) is 18.1 Å². The van der Waals surface area contributed by atoms with Gasteiger partial charge in [0.25, 0.3) is 0 Å². The second kappa shape index (κ2) is 7.51. The van der Waals surface area contributed by atoms with E-state index in [0.29, 0.717) is 11.6 Å². The van der Waals surface area contributed by atoms with Crippen molar-refractivity contribution in [1.82, 2.24) is 4.98 Å². The molecule has 3 aromatic carbocycles. The van der Waals surface area contributed by atoms with Gasteiger partial charge in [0.2, 0.25) is 0 Å². The highest BCUT2D eigenvalue weighted by Gasteiger charge is 2.24. The number of nitrogens with zero attached hydrogens (tertiary/aromatic N) is 1. The molecule has 3 nitrogen and oxygen atoms in total. The fraction of sp³-hybridized carbons (Fsp3) is 0.115. The zero-order valence-corrected chi connectivity index (χ0v) is 17.5. The third kappa shape index (κ3) is 3.31. The van der Waals surface area contributed by atoms with Crippen molar-refractivity contribution in [2.45, 2.75) is 13.5 Å². The van der Waals surface area contributed by atoms with Crippen LogP contribution >= 0.6 is 11.6 Å². The minimum absolute atomic E-state index is 0.487. The van der Waals surface area contributed by atoms with Crippen LogP contribution in [0.25, 0.3) is 33.6 Å². The number of hydrogen-bond acceptors (Lipinski definition) is 3. The zero-order valence-electron chi connectivity index (χ0n) is 16.8. The summed E-state index contributed by atoms with van der Waals surface area (Å²) in [4.78, 5) is 5.07. The van der Waals surface area contributed by atoms with Crippen molar-refractivity contribution in [2.24, 2.45) is 0 Å². The summed E-state index contributed by atoms with van der Waals surface area (Å²) >= 11 is 6.11. The maximum Gasteiger partial charge on any atom is 0.129 e. The topological polar surface area (TPSA) is 31.4 Å². The van der Waals surface area contributed by atoms with Gasteiger partial charge in [0, 0.05) is 21.7 Å². The number of pyridine rings is 1. The second-order valence-electron chi connectivity index (χ2n) is 7.41. The molecule has 2 heterocycles. The highest BCUT2D eigenvalue weighted by atomic mass is 35.5. The summed E-state index contributed by atoms with van der Waals surface area (Å²) in [7, 11) is 1.68. The third-order valence-electron chi connectivity index (χ3n) is 5.43. The Kier molecular flexibility index (Phi) is 4.68. The van der Waals surface area contributed by atoms with E-state index in [1.807, 2.05) is 42.5 Å². The lowest BCUT2D eigenvalue weighted by Crippen LogP contribution is -2.10. The zero-order chi connectivity index (χ0) is 20.7. The molecule has 5 rings (SSSR count). The molecule has 1 aromatic heterocycles. The SMILES string of the molecule is COc1ccc(-c2cc(-c3ccc(Cl)cc3)nc3c2COc2ccc(C)cc2-3)cc1. The maximum absolute atomic E-state index is 6.11. The molecule has 0 saturated heterocycles. The molecule has 0 spiro atoms. The molecule has 0 N–H and O–H groups in total. The van der Waals surface area contributed by atoms with Crippen LogP contribution in [0.15, 0.2) is 72.8 Å². The van der Waals surface area contributed by atoms with Crippen LogP contribution < -0.4 is 9.47 Å². The normalized spacial score (nSPS) is 12.0. The number of ether oxygens (including phenoxy) is 2. The Bertz CT molecular complexity index is 1230. The van der Waals surface area contributed by atoms with Crippen molar-refractivity contribution in [2.75, 3.05) is 7.11 Å². The van der Waals surface area contributed by atoms with Crippen LogP contribution in [0, 0.1) is 6.92 Å². The van der Waals surface area contributed by atoms with Crippen molar-refractivity contribution in [1.29, 1.82) is 0 Å². The Labute approximate surface area is 180 Å². The van der Waals surface area contributed by atoms with Crippen LogP contribution in [0.2, 0.25) is 5.02 Å². The first-order valence-corrected chi connectivity index (χ1v) is 10.2. The fourth-order valence-electron chi connectivity index (χ4n) is 3.84. The molecular weight excluding hydrogens is 394 g/mol. The summed E-state index contributed by atoms with van der Waals surface area (Å²) in [6.07, 6.45) is 0. The molecule has 148 valence electrons. The number of aromatic nitrogens is 1. The molecule has 0 fully saturated rings. The van der Waals surface area contributed by atoms with Gasteiger partial charge in [-0.15, -0.1) is 0 Å². The van der Waals surface area contributed by atoms with E-state index in [9.17, 15) is 0 Å². The molecule has 0 aliphatic carbocycles. The molecule has 0 unspecified atom stereocenters. The Hall–Kier alpha value is -3.30. The number of aryl methyl sites for hydroxylation is 1. The summed E-state index contributed by atoms with van der Waals surface area (Å²) in [6, 6.07) is 24.3. The average molecular weight is 414 g/mol. The smallest absolute Gasteiger partial charge is 0.129 e. The summed E-state index contributed by atoms with van der Waals surface area (Å²) in [5, 5.41) is 0.710. The third-order valence-corrected chi connectivity index (χ3v) is 5.68. The van der Waals surface area contributed by atoms with E-state index in [1.54, 1.807) is 7.11 Å².